The van der Waals surface area contributed by atoms with Crippen LogP contribution < -0.4 is 0 Å². The third kappa shape index (κ3) is 1.55. The molecule has 20 heavy (non-hydrogen) atoms. The van der Waals surface area contributed by atoms with Crippen LogP contribution in [-0.4, -0.2) is 15.6 Å². The molecule has 1 heterocycles. The summed E-state index contributed by atoms with van der Waals surface area (Å²) in [5.41, 5.74) is 3.25. The molecule has 4 saturated carbocycles. The second-order valence-electron chi connectivity index (χ2n) is 7.62. The van der Waals surface area contributed by atoms with Crippen molar-refractivity contribution in [2.24, 2.45) is 24.8 Å². The van der Waals surface area contributed by atoms with Gasteiger partial charge >= 0.3 is 5.97 Å². The van der Waals surface area contributed by atoms with E-state index in [1.165, 1.54) is 49.8 Å². The van der Waals surface area contributed by atoms with E-state index in [0.717, 1.165) is 17.8 Å². The van der Waals surface area contributed by atoms with E-state index in [1.807, 2.05) is 17.7 Å². The van der Waals surface area contributed by atoms with Gasteiger partial charge in [0.05, 0.1) is 0 Å². The lowest BCUT2D eigenvalue weighted by Crippen LogP contribution is -2.49. The van der Waals surface area contributed by atoms with Crippen LogP contribution in [0.5, 0.6) is 0 Å². The first-order valence-electron chi connectivity index (χ1n) is 7.88. The molecule has 0 saturated heterocycles. The first-order valence-corrected chi connectivity index (χ1v) is 7.88. The van der Waals surface area contributed by atoms with Gasteiger partial charge in [-0.1, -0.05) is 0 Å². The molecule has 0 atom stereocenters. The van der Waals surface area contributed by atoms with Gasteiger partial charge in [-0.3, -0.25) is 0 Å². The van der Waals surface area contributed by atoms with E-state index in [9.17, 15) is 9.90 Å². The Morgan fingerprint density at radius 1 is 1.20 bits per heavy atom. The van der Waals surface area contributed by atoms with Gasteiger partial charge in [0.2, 0.25) is 0 Å². The Balaban J connectivity index is 1.83. The average Bonchev–Trinajstić information content (AvgIpc) is 2.63. The monoisotopic (exact) mass is 273 g/mol. The van der Waals surface area contributed by atoms with Crippen LogP contribution in [0.25, 0.3) is 0 Å². The van der Waals surface area contributed by atoms with Gasteiger partial charge in [-0.05, 0) is 74.8 Å². The molecule has 1 N–H and O–H groups in total. The summed E-state index contributed by atoms with van der Waals surface area (Å²) in [6.07, 6.45) is 8.14. The summed E-state index contributed by atoms with van der Waals surface area (Å²) in [6.45, 7) is 2.10. The Morgan fingerprint density at radius 2 is 1.70 bits per heavy atom. The number of carboxylic acids is 1. The lowest BCUT2D eigenvalue weighted by Gasteiger charge is -2.57. The number of aromatic nitrogens is 1. The van der Waals surface area contributed by atoms with Gasteiger partial charge in [-0.25, -0.2) is 4.79 Å². The molecular formula is C17H23NO2. The van der Waals surface area contributed by atoms with Crippen molar-refractivity contribution in [3.8, 4) is 0 Å². The number of carbonyl (C=O) groups is 1. The topological polar surface area (TPSA) is 42.2 Å². The van der Waals surface area contributed by atoms with Crippen molar-refractivity contribution >= 4 is 5.97 Å². The second-order valence-corrected chi connectivity index (χ2v) is 7.62. The first-order chi connectivity index (χ1) is 9.48. The molecule has 0 spiro atoms. The summed E-state index contributed by atoms with van der Waals surface area (Å²) in [4.78, 5) is 11.4. The summed E-state index contributed by atoms with van der Waals surface area (Å²) in [5.74, 6) is 1.88. The Labute approximate surface area is 120 Å². The van der Waals surface area contributed by atoms with Crippen molar-refractivity contribution < 1.29 is 9.90 Å². The molecule has 4 bridgehead atoms. The molecule has 4 aliphatic rings. The minimum absolute atomic E-state index is 0.279. The van der Waals surface area contributed by atoms with E-state index in [4.69, 9.17) is 0 Å². The molecule has 0 radical (unpaired) electrons. The minimum Gasteiger partial charge on any atom is -0.477 e. The zero-order valence-corrected chi connectivity index (χ0v) is 12.4. The van der Waals surface area contributed by atoms with E-state index in [1.54, 1.807) is 0 Å². The molecule has 3 heteroatoms. The Kier molecular flexibility index (Phi) is 2.43. The predicted molar refractivity (Wildman–Crippen MR) is 77.0 cm³/mol. The van der Waals surface area contributed by atoms with E-state index in [2.05, 4.69) is 6.92 Å². The zero-order valence-electron chi connectivity index (χ0n) is 12.4. The van der Waals surface area contributed by atoms with Crippen LogP contribution in [0.15, 0.2) is 6.07 Å². The van der Waals surface area contributed by atoms with Crippen LogP contribution >= 0.6 is 0 Å². The van der Waals surface area contributed by atoms with Crippen LogP contribution in [0.4, 0.5) is 0 Å². The van der Waals surface area contributed by atoms with Crippen molar-refractivity contribution in [2.75, 3.05) is 0 Å². The van der Waals surface area contributed by atoms with Crippen molar-refractivity contribution in [2.45, 2.75) is 50.9 Å². The van der Waals surface area contributed by atoms with E-state index < -0.39 is 5.97 Å². The highest BCUT2D eigenvalue weighted by atomic mass is 16.4. The van der Waals surface area contributed by atoms with Gasteiger partial charge in [-0.15, -0.1) is 0 Å². The van der Waals surface area contributed by atoms with Gasteiger partial charge in [-0.2, -0.15) is 0 Å². The molecule has 0 aliphatic heterocycles. The van der Waals surface area contributed by atoms with Gasteiger partial charge in [0, 0.05) is 18.2 Å². The third-order valence-corrected chi connectivity index (χ3v) is 6.18. The fraction of sp³-hybridized carbons (Fsp3) is 0.706. The standard InChI is InChI=1S/C17H23NO2/c1-10-3-14(16(19)20)18(2)15(10)17-7-11-4-12(8-17)6-13(5-11)9-17/h3,11-13H,4-9H2,1-2H3,(H,19,20). The number of aryl methyl sites for hydroxylation is 1. The number of hydrogen-bond donors (Lipinski definition) is 1. The van der Waals surface area contributed by atoms with Gasteiger partial charge in [0.25, 0.3) is 0 Å². The average molecular weight is 273 g/mol. The molecule has 0 amide bonds. The summed E-state index contributed by atoms with van der Waals surface area (Å²) < 4.78 is 1.98. The maximum absolute atomic E-state index is 11.4. The Hall–Kier alpha value is -1.25. The highest BCUT2D eigenvalue weighted by molar-refractivity contribution is 5.86. The molecule has 3 nitrogen and oxygen atoms in total. The van der Waals surface area contributed by atoms with Crippen LogP contribution in [0.2, 0.25) is 0 Å². The number of nitrogens with zero attached hydrogens (tertiary/aromatic N) is 1. The van der Waals surface area contributed by atoms with Crippen molar-refractivity contribution in [1.29, 1.82) is 0 Å². The van der Waals surface area contributed by atoms with E-state index in [0.29, 0.717) is 5.69 Å². The zero-order chi connectivity index (χ0) is 14.1. The van der Waals surface area contributed by atoms with Crippen LogP contribution in [0.3, 0.4) is 0 Å². The van der Waals surface area contributed by atoms with E-state index >= 15 is 0 Å². The molecule has 108 valence electrons. The quantitative estimate of drug-likeness (QED) is 0.896. The summed E-state index contributed by atoms with van der Waals surface area (Å²) in [5, 5.41) is 9.36. The SMILES string of the molecule is Cc1cc(C(=O)O)n(C)c1C12CC3CC(CC(C3)C1)C2. The predicted octanol–water partition coefficient (Wildman–Crippen LogP) is 3.50. The number of rotatable bonds is 2. The van der Waals surface area contributed by atoms with Crippen LogP contribution in [0.1, 0.15) is 60.3 Å². The maximum Gasteiger partial charge on any atom is 0.352 e. The lowest BCUT2D eigenvalue weighted by atomic mass is 9.48. The molecular weight excluding hydrogens is 250 g/mol. The van der Waals surface area contributed by atoms with Crippen molar-refractivity contribution in [1.82, 2.24) is 4.57 Å². The smallest absolute Gasteiger partial charge is 0.352 e. The lowest BCUT2D eigenvalue weighted by molar-refractivity contribution is -0.00880. The second kappa shape index (κ2) is 3.90. The number of carboxylic acid groups (broad SMARTS) is 1. The first kappa shape index (κ1) is 12.5. The normalized spacial score (nSPS) is 38.4. The van der Waals surface area contributed by atoms with Gasteiger partial charge in [0.15, 0.2) is 0 Å². The molecule has 1 aromatic heterocycles. The molecule has 0 unspecified atom stereocenters. The van der Waals surface area contributed by atoms with Crippen molar-refractivity contribution in [3.63, 3.8) is 0 Å². The largest absolute Gasteiger partial charge is 0.477 e. The maximum atomic E-state index is 11.4. The molecule has 5 rings (SSSR count). The van der Waals surface area contributed by atoms with Crippen LogP contribution in [-0.2, 0) is 12.5 Å². The number of aromatic carboxylic acids is 1. The highest BCUT2D eigenvalue weighted by Crippen LogP contribution is 2.61. The number of hydrogen-bond acceptors (Lipinski definition) is 1. The summed E-state index contributed by atoms with van der Waals surface area (Å²) in [7, 11) is 1.95. The van der Waals surface area contributed by atoms with Gasteiger partial charge < -0.3 is 9.67 Å². The fourth-order valence-corrected chi connectivity index (χ4v) is 6.14. The summed E-state index contributed by atoms with van der Waals surface area (Å²) in [6, 6.07) is 1.87. The highest BCUT2D eigenvalue weighted by Gasteiger charge is 2.53. The Morgan fingerprint density at radius 3 is 2.10 bits per heavy atom. The molecule has 4 fully saturated rings. The molecule has 1 aromatic rings. The third-order valence-electron chi connectivity index (χ3n) is 6.18. The molecule has 4 aliphatic carbocycles. The summed E-state index contributed by atoms with van der Waals surface area (Å²) >= 11 is 0. The fourth-order valence-electron chi connectivity index (χ4n) is 6.14. The minimum atomic E-state index is -0.799. The van der Waals surface area contributed by atoms with Crippen LogP contribution in [0, 0.1) is 24.7 Å². The Bertz CT molecular complexity index is 549. The molecule has 0 aromatic carbocycles. The van der Waals surface area contributed by atoms with E-state index in [-0.39, 0.29) is 5.41 Å². The van der Waals surface area contributed by atoms with Crippen molar-refractivity contribution in [3.05, 3.63) is 23.0 Å². The van der Waals surface area contributed by atoms with Gasteiger partial charge in [0.1, 0.15) is 5.69 Å².